The van der Waals surface area contributed by atoms with E-state index >= 15 is 0 Å². The van der Waals surface area contributed by atoms with Gasteiger partial charge >= 0.3 is 5.97 Å². The quantitative estimate of drug-likeness (QED) is 0.264. The van der Waals surface area contributed by atoms with Crippen molar-refractivity contribution in [1.82, 2.24) is 0 Å². The number of hydrogen-bond donors (Lipinski definition) is 1. The van der Waals surface area contributed by atoms with Gasteiger partial charge in [0.2, 0.25) is 0 Å². The summed E-state index contributed by atoms with van der Waals surface area (Å²) in [5.74, 6) is 0.0873. The molecule has 0 heterocycles. The van der Waals surface area contributed by atoms with Gasteiger partial charge in [-0.2, -0.15) is 5.26 Å². The molecule has 2 rings (SSSR count). The van der Waals surface area contributed by atoms with Gasteiger partial charge in [-0.15, -0.1) is 0 Å². The van der Waals surface area contributed by atoms with Crippen LogP contribution in [0.1, 0.15) is 22.8 Å². The molecule has 7 nitrogen and oxygen atoms in total. The number of nitriles is 1. The Morgan fingerprint density at radius 2 is 1.90 bits per heavy atom. The third kappa shape index (κ3) is 5.71. The molecule has 0 saturated heterocycles. The number of hydrogen-bond acceptors (Lipinski definition) is 6. The van der Waals surface area contributed by atoms with E-state index in [0.29, 0.717) is 34.9 Å². The minimum Gasteiger partial charge on any atom is -0.492 e. The lowest BCUT2D eigenvalue weighted by Crippen LogP contribution is -2.13. The second kappa shape index (κ2) is 10.5. The van der Waals surface area contributed by atoms with Gasteiger partial charge in [0.15, 0.2) is 11.5 Å². The summed E-state index contributed by atoms with van der Waals surface area (Å²) in [6, 6.07) is 11.6. The van der Waals surface area contributed by atoms with Gasteiger partial charge in [0.05, 0.1) is 30.0 Å². The highest BCUT2D eigenvalue weighted by Gasteiger charge is 2.14. The zero-order valence-corrected chi connectivity index (χ0v) is 18.3. The lowest BCUT2D eigenvalue weighted by atomic mass is 10.1. The first kappa shape index (κ1) is 22.2. The van der Waals surface area contributed by atoms with Crippen LogP contribution in [0.2, 0.25) is 0 Å². The van der Waals surface area contributed by atoms with Crippen molar-refractivity contribution in [3.63, 3.8) is 0 Å². The second-order valence-electron chi connectivity index (χ2n) is 5.66. The molecule has 0 aliphatic heterocycles. The Morgan fingerprint density at radius 1 is 1.21 bits per heavy atom. The van der Waals surface area contributed by atoms with Crippen LogP contribution in [-0.2, 0) is 9.53 Å². The van der Waals surface area contributed by atoms with Gasteiger partial charge in [0.1, 0.15) is 11.6 Å². The van der Waals surface area contributed by atoms with Crippen molar-refractivity contribution in [2.24, 2.45) is 0 Å². The third-order valence-electron chi connectivity index (χ3n) is 3.78. The fraction of sp³-hybridized carbons (Fsp3) is 0.190. The molecule has 29 heavy (non-hydrogen) atoms. The van der Waals surface area contributed by atoms with Gasteiger partial charge in [-0.05, 0) is 77.6 Å². The Balaban J connectivity index is 2.26. The first-order valence-corrected chi connectivity index (χ1v) is 9.63. The minimum atomic E-state index is -0.567. The molecule has 0 fully saturated rings. The molecular formula is C21H19IN2O5. The van der Waals surface area contributed by atoms with E-state index in [1.54, 1.807) is 31.4 Å². The number of esters is 1. The van der Waals surface area contributed by atoms with Crippen LogP contribution in [0.25, 0.3) is 6.08 Å². The highest BCUT2D eigenvalue weighted by atomic mass is 127. The average molecular weight is 506 g/mol. The van der Waals surface area contributed by atoms with Crippen LogP contribution in [0.3, 0.4) is 0 Å². The number of benzene rings is 2. The van der Waals surface area contributed by atoms with Crippen molar-refractivity contribution in [3.8, 4) is 17.6 Å². The molecule has 0 aliphatic carbocycles. The van der Waals surface area contributed by atoms with Crippen LogP contribution in [0.5, 0.6) is 11.5 Å². The standard InChI is InChI=1S/C21H19IN2O5/c1-4-29-18-11-13(10-17(22)19(18)27-2)9-15(12-23)20(25)24-16-7-5-14(6-8-16)21(26)28-3/h5-11H,4H2,1-3H3,(H,24,25)/b15-9+. The smallest absolute Gasteiger partial charge is 0.337 e. The van der Waals surface area contributed by atoms with Gasteiger partial charge in [-0.3, -0.25) is 4.79 Å². The molecule has 8 heteroatoms. The maximum absolute atomic E-state index is 12.5. The zero-order chi connectivity index (χ0) is 21.4. The molecule has 0 aliphatic rings. The summed E-state index contributed by atoms with van der Waals surface area (Å²) in [7, 11) is 2.84. The SMILES string of the molecule is CCOc1cc(/C=C(\C#N)C(=O)Nc2ccc(C(=O)OC)cc2)cc(I)c1OC. The van der Waals surface area contributed by atoms with Crippen LogP contribution in [0.4, 0.5) is 5.69 Å². The zero-order valence-electron chi connectivity index (χ0n) is 16.1. The molecular weight excluding hydrogens is 487 g/mol. The van der Waals surface area contributed by atoms with Gasteiger partial charge in [0.25, 0.3) is 5.91 Å². The van der Waals surface area contributed by atoms with Crippen molar-refractivity contribution < 1.29 is 23.8 Å². The molecule has 0 bridgehead atoms. The topological polar surface area (TPSA) is 97.7 Å². The van der Waals surface area contributed by atoms with E-state index in [0.717, 1.165) is 3.57 Å². The monoisotopic (exact) mass is 506 g/mol. The van der Waals surface area contributed by atoms with E-state index in [1.807, 2.05) is 13.0 Å². The fourth-order valence-corrected chi connectivity index (χ4v) is 3.30. The van der Waals surface area contributed by atoms with Crippen LogP contribution < -0.4 is 14.8 Å². The number of carbonyl (C=O) groups is 2. The molecule has 0 atom stereocenters. The molecule has 2 aromatic carbocycles. The van der Waals surface area contributed by atoms with Crippen LogP contribution in [-0.4, -0.2) is 32.7 Å². The molecule has 0 aromatic heterocycles. The Labute approximate surface area is 182 Å². The summed E-state index contributed by atoms with van der Waals surface area (Å²) < 4.78 is 16.4. The van der Waals surface area contributed by atoms with Crippen molar-refractivity contribution in [2.45, 2.75) is 6.92 Å². The first-order chi connectivity index (χ1) is 13.9. The van der Waals surface area contributed by atoms with Crippen molar-refractivity contribution in [3.05, 3.63) is 56.7 Å². The number of nitrogens with zero attached hydrogens (tertiary/aromatic N) is 1. The Kier molecular flexibility index (Phi) is 8.03. The highest BCUT2D eigenvalue weighted by Crippen LogP contribution is 2.34. The van der Waals surface area contributed by atoms with Crippen molar-refractivity contribution in [2.75, 3.05) is 26.1 Å². The van der Waals surface area contributed by atoms with Crippen LogP contribution in [0, 0.1) is 14.9 Å². The van der Waals surface area contributed by atoms with Crippen molar-refractivity contribution in [1.29, 1.82) is 5.26 Å². The molecule has 1 amide bonds. The largest absolute Gasteiger partial charge is 0.492 e. The molecule has 1 N–H and O–H groups in total. The number of ether oxygens (including phenoxy) is 3. The summed E-state index contributed by atoms with van der Waals surface area (Å²) >= 11 is 2.10. The van der Waals surface area contributed by atoms with Gasteiger partial charge < -0.3 is 19.5 Å². The molecule has 0 radical (unpaired) electrons. The predicted molar refractivity (Wildman–Crippen MR) is 117 cm³/mol. The first-order valence-electron chi connectivity index (χ1n) is 8.55. The summed E-state index contributed by atoms with van der Waals surface area (Å²) in [6.45, 7) is 2.31. The van der Waals surface area contributed by atoms with E-state index in [-0.39, 0.29) is 5.57 Å². The second-order valence-corrected chi connectivity index (χ2v) is 6.82. The van der Waals surface area contributed by atoms with E-state index in [1.165, 1.54) is 25.3 Å². The summed E-state index contributed by atoms with van der Waals surface area (Å²) in [6.07, 6.45) is 1.47. The Morgan fingerprint density at radius 3 is 2.45 bits per heavy atom. The van der Waals surface area contributed by atoms with E-state index < -0.39 is 11.9 Å². The van der Waals surface area contributed by atoms with Crippen LogP contribution >= 0.6 is 22.6 Å². The third-order valence-corrected chi connectivity index (χ3v) is 4.58. The number of rotatable bonds is 7. The van der Waals surface area contributed by atoms with Gasteiger partial charge in [0, 0.05) is 5.69 Å². The molecule has 0 unspecified atom stereocenters. The minimum absolute atomic E-state index is 0.0783. The van der Waals surface area contributed by atoms with Gasteiger partial charge in [-0.1, -0.05) is 0 Å². The number of methoxy groups -OCH3 is 2. The maximum Gasteiger partial charge on any atom is 0.337 e. The Bertz CT molecular complexity index is 978. The lowest BCUT2D eigenvalue weighted by molar-refractivity contribution is -0.112. The predicted octanol–water partition coefficient (Wildman–Crippen LogP) is 4.03. The summed E-state index contributed by atoms with van der Waals surface area (Å²) in [5.41, 5.74) is 1.36. The summed E-state index contributed by atoms with van der Waals surface area (Å²) in [5, 5.41) is 12.1. The van der Waals surface area contributed by atoms with E-state index in [4.69, 9.17) is 9.47 Å². The number of anilines is 1. The lowest BCUT2D eigenvalue weighted by Gasteiger charge is -2.12. The number of amides is 1. The number of halogens is 1. The summed E-state index contributed by atoms with van der Waals surface area (Å²) in [4.78, 5) is 24.0. The molecule has 2 aromatic rings. The van der Waals surface area contributed by atoms with Crippen molar-refractivity contribution >= 4 is 46.2 Å². The normalized spacial score (nSPS) is 10.7. The van der Waals surface area contributed by atoms with E-state index in [2.05, 4.69) is 32.6 Å². The molecule has 150 valence electrons. The maximum atomic E-state index is 12.5. The fourth-order valence-electron chi connectivity index (χ4n) is 2.45. The number of nitrogens with one attached hydrogen (secondary N) is 1. The highest BCUT2D eigenvalue weighted by molar-refractivity contribution is 14.1. The Hall–Kier alpha value is -3.06. The number of carbonyl (C=O) groups excluding carboxylic acids is 2. The van der Waals surface area contributed by atoms with Crippen LogP contribution in [0.15, 0.2) is 42.0 Å². The average Bonchev–Trinajstić information content (AvgIpc) is 2.72. The van der Waals surface area contributed by atoms with E-state index in [9.17, 15) is 14.9 Å². The molecule has 0 saturated carbocycles. The van der Waals surface area contributed by atoms with Gasteiger partial charge in [-0.25, -0.2) is 4.79 Å². The molecule has 0 spiro atoms.